The number of hydrogen-bond donors (Lipinski definition) is 0. The Labute approximate surface area is 165 Å². The average Bonchev–Trinajstić information content (AvgIpc) is 2.72. The van der Waals surface area contributed by atoms with E-state index >= 15 is 0 Å². The molecule has 8 nitrogen and oxygen atoms in total. The maximum absolute atomic E-state index is 12.7. The quantitative estimate of drug-likeness (QED) is 0.676. The van der Waals surface area contributed by atoms with Gasteiger partial charge < -0.3 is 14.4 Å². The maximum Gasteiger partial charge on any atom is 0.338 e. The first-order chi connectivity index (χ1) is 13.4. The summed E-state index contributed by atoms with van der Waals surface area (Å²) < 4.78 is 37.1. The number of likely N-dealkylation sites (tertiary alicyclic amines) is 1. The van der Waals surface area contributed by atoms with Gasteiger partial charge in [-0.3, -0.25) is 4.79 Å². The number of benzene rings is 1. The van der Waals surface area contributed by atoms with Gasteiger partial charge in [0.05, 0.1) is 23.7 Å². The minimum Gasteiger partial charge on any atom is -0.452 e. The number of sulfonamides is 1. The van der Waals surface area contributed by atoms with Gasteiger partial charge in [0.15, 0.2) is 6.61 Å². The van der Waals surface area contributed by atoms with E-state index in [2.05, 4.69) is 6.92 Å². The van der Waals surface area contributed by atoms with E-state index in [0.29, 0.717) is 32.2 Å². The van der Waals surface area contributed by atoms with Gasteiger partial charge in [-0.1, -0.05) is 13.0 Å². The van der Waals surface area contributed by atoms with Crippen molar-refractivity contribution >= 4 is 21.9 Å². The molecular formula is C19H26N2O6S. The van der Waals surface area contributed by atoms with Gasteiger partial charge in [-0.2, -0.15) is 4.31 Å². The van der Waals surface area contributed by atoms with Gasteiger partial charge in [-0.15, -0.1) is 0 Å². The van der Waals surface area contributed by atoms with Crippen molar-refractivity contribution in [2.24, 2.45) is 5.92 Å². The summed E-state index contributed by atoms with van der Waals surface area (Å²) in [5, 5.41) is 0. The smallest absolute Gasteiger partial charge is 0.338 e. The number of hydrogen-bond acceptors (Lipinski definition) is 6. The maximum atomic E-state index is 12.7. The molecule has 0 radical (unpaired) electrons. The lowest BCUT2D eigenvalue weighted by molar-refractivity contribution is -0.136. The second kappa shape index (κ2) is 9.02. The summed E-state index contributed by atoms with van der Waals surface area (Å²) >= 11 is 0. The molecule has 154 valence electrons. The molecule has 1 atom stereocenters. The number of piperidine rings is 1. The second-order valence-corrected chi connectivity index (χ2v) is 9.15. The molecule has 0 aliphatic carbocycles. The summed E-state index contributed by atoms with van der Waals surface area (Å²) in [7, 11) is -3.70. The molecule has 2 saturated heterocycles. The molecular weight excluding hydrogens is 384 g/mol. The largest absolute Gasteiger partial charge is 0.452 e. The summed E-state index contributed by atoms with van der Waals surface area (Å²) in [6.45, 7) is 4.34. The van der Waals surface area contributed by atoms with Crippen LogP contribution in [0.5, 0.6) is 0 Å². The SMILES string of the molecule is C[C@H]1CCCN(C(=O)COC(=O)c2cccc(S(=O)(=O)N3CCOCC3)c2)C1. The molecule has 2 aliphatic rings. The molecule has 9 heteroatoms. The van der Waals surface area contributed by atoms with Gasteiger partial charge in [0, 0.05) is 26.2 Å². The Morgan fingerprint density at radius 2 is 1.96 bits per heavy atom. The van der Waals surface area contributed by atoms with Crippen LogP contribution in [0.2, 0.25) is 0 Å². The molecule has 0 unspecified atom stereocenters. The first-order valence-electron chi connectivity index (χ1n) is 9.51. The van der Waals surface area contributed by atoms with Crippen molar-refractivity contribution in [3.05, 3.63) is 29.8 Å². The Bertz CT molecular complexity index is 819. The van der Waals surface area contributed by atoms with Crippen molar-refractivity contribution in [2.45, 2.75) is 24.7 Å². The fraction of sp³-hybridized carbons (Fsp3) is 0.579. The Kier molecular flexibility index (Phi) is 6.69. The van der Waals surface area contributed by atoms with Gasteiger partial charge in [0.2, 0.25) is 10.0 Å². The van der Waals surface area contributed by atoms with Crippen molar-refractivity contribution in [1.82, 2.24) is 9.21 Å². The van der Waals surface area contributed by atoms with Gasteiger partial charge in [0.1, 0.15) is 0 Å². The molecule has 28 heavy (non-hydrogen) atoms. The van der Waals surface area contributed by atoms with Crippen LogP contribution in [0.1, 0.15) is 30.1 Å². The minimum atomic E-state index is -3.70. The molecule has 0 bridgehead atoms. The van der Waals surface area contributed by atoms with Gasteiger partial charge >= 0.3 is 5.97 Å². The summed E-state index contributed by atoms with van der Waals surface area (Å²) in [4.78, 5) is 26.3. The minimum absolute atomic E-state index is 0.0278. The molecule has 2 heterocycles. The monoisotopic (exact) mass is 410 g/mol. The Morgan fingerprint density at radius 1 is 1.21 bits per heavy atom. The highest BCUT2D eigenvalue weighted by molar-refractivity contribution is 7.89. The predicted molar refractivity (Wildman–Crippen MR) is 101 cm³/mol. The van der Waals surface area contributed by atoms with Crippen LogP contribution < -0.4 is 0 Å². The topological polar surface area (TPSA) is 93.2 Å². The molecule has 1 aromatic rings. The molecule has 0 saturated carbocycles. The molecule has 2 fully saturated rings. The highest BCUT2D eigenvalue weighted by Gasteiger charge is 2.27. The summed E-state index contributed by atoms with van der Waals surface area (Å²) in [5.41, 5.74) is 0.106. The van der Waals surface area contributed by atoms with Crippen LogP contribution in [0, 0.1) is 5.92 Å². The van der Waals surface area contributed by atoms with Crippen molar-refractivity contribution in [3.8, 4) is 0 Å². The van der Waals surface area contributed by atoms with Crippen LogP contribution in [0.15, 0.2) is 29.2 Å². The number of nitrogens with zero attached hydrogens (tertiary/aromatic N) is 2. The molecule has 2 aliphatic heterocycles. The fourth-order valence-electron chi connectivity index (χ4n) is 3.44. The zero-order chi connectivity index (χ0) is 20.1. The third-order valence-corrected chi connectivity index (χ3v) is 6.91. The summed E-state index contributed by atoms with van der Waals surface area (Å²) in [6.07, 6.45) is 2.04. The fourth-order valence-corrected chi connectivity index (χ4v) is 4.89. The van der Waals surface area contributed by atoms with Crippen LogP contribution in [0.25, 0.3) is 0 Å². The Balaban J connectivity index is 1.63. The normalized spacial score (nSPS) is 21.3. The number of carbonyl (C=O) groups excluding carboxylic acids is 2. The highest BCUT2D eigenvalue weighted by atomic mass is 32.2. The number of morpholine rings is 1. The molecule has 0 aromatic heterocycles. The first-order valence-corrected chi connectivity index (χ1v) is 10.9. The summed E-state index contributed by atoms with van der Waals surface area (Å²) in [5.74, 6) is -0.495. The van der Waals surface area contributed by atoms with E-state index in [1.54, 1.807) is 4.90 Å². The zero-order valence-corrected chi connectivity index (χ0v) is 16.8. The van der Waals surface area contributed by atoms with Gasteiger partial charge in [0.25, 0.3) is 5.91 Å². The van der Waals surface area contributed by atoms with E-state index in [0.717, 1.165) is 12.8 Å². The third kappa shape index (κ3) is 4.89. The van der Waals surface area contributed by atoms with Crippen LogP contribution in [-0.2, 0) is 24.3 Å². The molecule has 1 amide bonds. The predicted octanol–water partition coefficient (Wildman–Crippen LogP) is 1.12. The van der Waals surface area contributed by atoms with Gasteiger partial charge in [-0.25, -0.2) is 13.2 Å². The second-order valence-electron chi connectivity index (χ2n) is 7.21. The average molecular weight is 410 g/mol. The number of ether oxygens (including phenoxy) is 2. The lowest BCUT2D eigenvalue weighted by atomic mass is 10.0. The summed E-state index contributed by atoms with van der Waals surface area (Å²) in [6, 6.07) is 5.72. The Hall–Kier alpha value is -1.97. The van der Waals surface area contributed by atoms with Crippen LogP contribution >= 0.6 is 0 Å². The third-order valence-electron chi connectivity index (χ3n) is 5.01. The van der Waals surface area contributed by atoms with E-state index in [1.807, 2.05) is 0 Å². The number of amides is 1. The van der Waals surface area contributed by atoms with E-state index in [4.69, 9.17) is 9.47 Å². The highest BCUT2D eigenvalue weighted by Crippen LogP contribution is 2.19. The number of rotatable bonds is 5. The van der Waals surface area contributed by atoms with Crippen molar-refractivity contribution in [2.75, 3.05) is 46.0 Å². The van der Waals surface area contributed by atoms with E-state index in [9.17, 15) is 18.0 Å². The van der Waals surface area contributed by atoms with Crippen molar-refractivity contribution < 1.29 is 27.5 Å². The lowest BCUT2D eigenvalue weighted by Gasteiger charge is -2.30. The van der Waals surface area contributed by atoms with E-state index < -0.39 is 16.0 Å². The van der Waals surface area contributed by atoms with Crippen molar-refractivity contribution in [3.63, 3.8) is 0 Å². The van der Waals surface area contributed by atoms with Crippen LogP contribution in [-0.4, -0.2) is 75.5 Å². The Morgan fingerprint density at radius 3 is 2.68 bits per heavy atom. The standard InChI is InChI=1S/C19H26N2O6S/c1-15-4-3-7-20(13-15)18(22)14-27-19(23)16-5-2-6-17(12-16)28(24,25)21-8-10-26-11-9-21/h2,5-6,12,15H,3-4,7-11,13-14H2,1H3/t15-/m0/s1. The van der Waals surface area contributed by atoms with Crippen LogP contribution in [0.4, 0.5) is 0 Å². The number of esters is 1. The molecule has 1 aromatic carbocycles. The van der Waals surface area contributed by atoms with Gasteiger partial charge in [-0.05, 0) is 37.0 Å². The van der Waals surface area contributed by atoms with E-state index in [-0.39, 0.29) is 36.1 Å². The van der Waals surface area contributed by atoms with Crippen molar-refractivity contribution in [1.29, 1.82) is 0 Å². The zero-order valence-electron chi connectivity index (χ0n) is 16.0. The van der Waals surface area contributed by atoms with Crippen LogP contribution in [0.3, 0.4) is 0 Å². The van der Waals surface area contributed by atoms with E-state index in [1.165, 1.54) is 28.6 Å². The first kappa shape index (κ1) is 20.8. The number of carbonyl (C=O) groups is 2. The molecule has 3 rings (SSSR count). The lowest BCUT2D eigenvalue weighted by Crippen LogP contribution is -2.41. The molecule has 0 N–H and O–H groups in total. The molecule has 0 spiro atoms.